The number of carbonyl (C=O) groups is 2. The molecule has 4 nitrogen and oxygen atoms in total. The van der Waals surface area contributed by atoms with Crippen LogP contribution in [0.5, 0.6) is 0 Å². The topological polar surface area (TPSA) is 58.2 Å². The third kappa shape index (κ3) is 3.87. The van der Waals surface area contributed by atoms with E-state index < -0.39 is 0 Å². The maximum absolute atomic E-state index is 11.6. The van der Waals surface area contributed by atoms with E-state index in [9.17, 15) is 9.59 Å². The van der Waals surface area contributed by atoms with Crippen LogP contribution in [0.2, 0.25) is 0 Å². The van der Waals surface area contributed by atoms with Gasteiger partial charge < -0.3 is 10.6 Å². The molecule has 0 aromatic rings. The number of hydrogen-bond donors (Lipinski definition) is 2. The lowest BCUT2D eigenvalue weighted by molar-refractivity contribution is -0.126. The molecule has 1 unspecified atom stereocenters. The smallest absolute Gasteiger partial charge is 0.217 e. The third-order valence-electron chi connectivity index (χ3n) is 2.41. The molecule has 0 spiro atoms. The first kappa shape index (κ1) is 11.2. The minimum absolute atomic E-state index is 0.115. The molecule has 0 bridgehead atoms. The standard InChI is InChI=1S/C10H18N2O2/c1-8(13)12-9-4-2-3-6-11-7-5-10(9)14/h9,11H,2-7H2,1H3,(H,12,13). The van der Waals surface area contributed by atoms with Gasteiger partial charge in [-0.3, -0.25) is 9.59 Å². The average molecular weight is 198 g/mol. The molecular weight excluding hydrogens is 180 g/mol. The molecule has 1 saturated heterocycles. The van der Waals surface area contributed by atoms with Crippen LogP contribution in [0.15, 0.2) is 0 Å². The number of Topliss-reactive ketones (excluding diaryl/α,β-unsaturated/α-hetero) is 1. The molecule has 4 heteroatoms. The van der Waals surface area contributed by atoms with Crippen LogP contribution in [0.3, 0.4) is 0 Å². The Bertz CT molecular complexity index is 216. The largest absolute Gasteiger partial charge is 0.347 e. The fourth-order valence-corrected chi connectivity index (χ4v) is 1.67. The van der Waals surface area contributed by atoms with Crippen LogP contribution in [0.4, 0.5) is 0 Å². The molecule has 80 valence electrons. The van der Waals surface area contributed by atoms with E-state index in [0.29, 0.717) is 6.42 Å². The molecule has 1 fully saturated rings. The summed E-state index contributed by atoms with van der Waals surface area (Å²) in [7, 11) is 0. The summed E-state index contributed by atoms with van der Waals surface area (Å²) in [6.45, 7) is 3.16. The van der Waals surface area contributed by atoms with E-state index >= 15 is 0 Å². The van der Waals surface area contributed by atoms with Crippen molar-refractivity contribution in [2.75, 3.05) is 13.1 Å². The second-order valence-corrected chi connectivity index (χ2v) is 3.72. The number of rotatable bonds is 1. The summed E-state index contributed by atoms with van der Waals surface area (Å²) in [5.41, 5.74) is 0. The maximum Gasteiger partial charge on any atom is 0.217 e. The highest BCUT2D eigenvalue weighted by molar-refractivity contribution is 5.88. The van der Waals surface area contributed by atoms with Gasteiger partial charge in [0.25, 0.3) is 0 Å². The van der Waals surface area contributed by atoms with Crippen LogP contribution in [0.1, 0.15) is 32.6 Å². The highest BCUT2D eigenvalue weighted by atomic mass is 16.2. The van der Waals surface area contributed by atoms with Gasteiger partial charge in [0.2, 0.25) is 5.91 Å². The van der Waals surface area contributed by atoms with Crippen molar-refractivity contribution in [3.05, 3.63) is 0 Å². The van der Waals surface area contributed by atoms with Crippen molar-refractivity contribution < 1.29 is 9.59 Å². The van der Waals surface area contributed by atoms with Crippen molar-refractivity contribution in [3.63, 3.8) is 0 Å². The Hall–Kier alpha value is -0.900. The number of hydrogen-bond acceptors (Lipinski definition) is 3. The van der Waals surface area contributed by atoms with E-state index in [4.69, 9.17) is 0 Å². The van der Waals surface area contributed by atoms with Crippen molar-refractivity contribution in [2.24, 2.45) is 0 Å². The molecule has 1 heterocycles. The van der Waals surface area contributed by atoms with E-state index in [1.54, 1.807) is 0 Å². The van der Waals surface area contributed by atoms with Gasteiger partial charge in [0.1, 0.15) is 0 Å². The highest BCUT2D eigenvalue weighted by Gasteiger charge is 2.19. The van der Waals surface area contributed by atoms with E-state index in [1.807, 2.05) is 0 Å². The van der Waals surface area contributed by atoms with Gasteiger partial charge >= 0.3 is 0 Å². The first-order valence-electron chi connectivity index (χ1n) is 5.20. The van der Waals surface area contributed by atoms with Gasteiger partial charge in [0.05, 0.1) is 6.04 Å². The first-order valence-corrected chi connectivity index (χ1v) is 5.20. The lowest BCUT2D eigenvalue weighted by atomic mass is 10.0. The average Bonchev–Trinajstić information content (AvgIpc) is 2.20. The quantitative estimate of drug-likeness (QED) is 0.634. The van der Waals surface area contributed by atoms with Crippen molar-refractivity contribution in [3.8, 4) is 0 Å². The minimum Gasteiger partial charge on any atom is -0.347 e. The van der Waals surface area contributed by atoms with Crippen LogP contribution >= 0.6 is 0 Å². The molecule has 1 atom stereocenters. The molecule has 1 aliphatic heterocycles. The monoisotopic (exact) mass is 198 g/mol. The van der Waals surface area contributed by atoms with Gasteiger partial charge in [-0.05, 0) is 25.8 Å². The Balaban J connectivity index is 2.48. The first-order chi connectivity index (χ1) is 6.70. The highest BCUT2D eigenvalue weighted by Crippen LogP contribution is 2.05. The van der Waals surface area contributed by atoms with Crippen molar-refractivity contribution in [2.45, 2.75) is 38.6 Å². The molecule has 0 aromatic heterocycles. The molecule has 0 radical (unpaired) electrons. The Labute approximate surface area is 84.4 Å². The fraction of sp³-hybridized carbons (Fsp3) is 0.800. The zero-order valence-electron chi connectivity index (χ0n) is 8.64. The van der Waals surface area contributed by atoms with Crippen molar-refractivity contribution in [1.29, 1.82) is 0 Å². The van der Waals surface area contributed by atoms with Crippen molar-refractivity contribution in [1.82, 2.24) is 10.6 Å². The molecule has 1 aliphatic rings. The van der Waals surface area contributed by atoms with Gasteiger partial charge in [-0.15, -0.1) is 0 Å². The van der Waals surface area contributed by atoms with Crippen LogP contribution in [-0.2, 0) is 9.59 Å². The fourth-order valence-electron chi connectivity index (χ4n) is 1.67. The summed E-state index contributed by atoms with van der Waals surface area (Å²) in [4.78, 5) is 22.5. The van der Waals surface area contributed by atoms with Gasteiger partial charge in [-0.2, -0.15) is 0 Å². The molecule has 0 aromatic carbocycles. The molecule has 1 amide bonds. The SMILES string of the molecule is CC(=O)NC1CCCCNCCC1=O. The predicted molar refractivity (Wildman–Crippen MR) is 53.9 cm³/mol. The van der Waals surface area contributed by atoms with E-state index in [-0.39, 0.29) is 17.7 Å². The maximum atomic E-state index is 11.6. The third-order valence-corrected chi connectivity index (χ3v) is 2.41. The molecule has 0 saturated carbocycles. The number of nitrogens with one attached hydrogen (secondary N) is 2. The Kier molecular flexibility index (Phi) is 4.59. The lowest BCUT2D eigenvalue weighted by Gasteiger charge is -2.14. The van der Waals surface area contributed by atoms with Gasteiger partial charge in [0.15, 0.2) is 5.78 Å². The molecule has 1 rings (SSSR count). The summed E-state index contributed by atoms with van der Waals surface area (Å²) in [5.74, 6) is 0.0326. The summed E-state index contributed by atoms with van der Waals surface area (Å²) >= 11 is 0. The zero-order valence-corrected chi connectivity index (χ0v) is 8.64. The van der Waals surface area contributed by atoms with Crippen LogP contribution in [-0.4, -0.2) is 30.8 Å². The molecule has 2 N–H and O–H groups in total. The van der Waals surface area contributed by atoms with Gasteiger partial charge in [-0.25, -0.2) is 0 Å². The van der Waals surface area contributed by atoms with Crippen LogP contribution in [0.25, 0.3) is 0 Å². The number of amides is 1. The van der Waals surface area contributed by atoms with E-state index in [1.165, 1.54) is 6.92 Å². The lowest BCUT2D eigenvalue weighted by Crippen LogP contribution is -2.40. The second-order valence-electron chi connectivity index (χ2n) is 3.72. The van der Waals surface area contributed by atoms with Gasteiger partial charge in [0, 0.05) is 19.9 Å². The molecule has 0 aliphatic carbocycles. The Morgan fingerprint density at radius 3 is 2.93 bits per heavy atom. The molecular formula is C10H18N2O2. The minimum atomic E-state index is -0.257. The van der Waals surface area contributed by atoms with E-state index in [2.05, 4.69) is 10.6 Å². The summed E-state index contributed by atoms with van der Waals surface area (Å²) in [5, 5.41) is 5.91. The van der Waals surface area contributed by atoms with Crippen LogP contribution in [0, 0.1) is 0 Å². The molecule has 14 heavy (non-hydrogen) atoms. The predicted octanol–water partition coefficient (Wildman–Crippen LogP) is 0.224. The van der Waals surface area contributed by atoms with Crippen LogP contribution < -0.4 is 10.6 Å². The normalized spacial score (nSPS) is 24.6. The van der Waals surface area contributed by atoms with Gasteiger partial charge in [-0.1, -0.05) is 0 Å². The second kappa shape index (κ2) is 5.75. The summed E-state index contributed by atoms with van der Waals surface area (Å²) in [6.07, 6.45) is 3.36. The summed E-state index contributed by atoms with van der Waals surface area (Å²) in [6, 6.07) is -0.257. The Morgan fingerprint density at radius 1 is 1.43 bits per heavy atom. The number of ketones is 1. The summed E-state index contributed by atoms with van der Waals surface area (Å²) < 4.78 is 0. The Morgan fingerprint density at radius 2 is 2.21 bits per heavy atom. The zero-order chi connectivity index (χ0) is 10.4. The van der Waals surface area contributed by atoms with E-state index in [0.717, 1.165) is 32.4 Å². The number of carbonyl (C=O) groups excluding carboxylic acids is 2. The van der Waals surface area contributed by atoms with Crippen molar-refractivity contribution >= 4 is 11.7 Å².